The van der Waals surface area contributed by atoms with Gasteiger partial charge in [-0.15, -0.1) is 11.6 Å². The fourth-order valence-corrected chi connectivity index (χ4v) is 2.49. The molecule has 2 heteroatoms. The molecule has 0 heterocycles. The highest BCUT2D eigenvalue weighted by molar-refractivity contribution is 6.18. The van der Waals surface area contributed by atoms with Crippen LogP contribution >= 0.6 is 11.6 Å². The molecule has 1 nitrogen and oxygen atoms in total. The highest BCUT2D eigenvalue weighted by Crippen LogP contribution is 2.58. The first-order valence-electron chi connectivity index (χ1n) is 4.71. The maximum absolute atomic E-state index is 8.93. The Balaban J connectivity index is 2.55. The highest BCUT2D eigenvalue weighted by atomic mass is 35.5. The monoisotopic (exact) mass is 185 g/mol. The summed E-state index contributed by atoms with van der Waals surface area (Å²) < 4.78 is 0. The Hall–Kier alpha value is -0.220. The summed E-state index contributed by atoms with van der Waals surface area (Å²) in [4.78, 5) is 0. The molecule has 68 valence electrons. The van der Waals surface area contributed by atoms with Crippen LogP contribution in [-0.2, 0) is 0 Å². The first-order chi connectivity index (χ1) is 5.74. The van der Waals surface area contributed by atoms with Gasteiger partial charge < -0.3 is 0 Å². The zero-order chi connectivity index (χ0) is 9.19. The van der Waals surface area contributed by atoms with Gasteiger partial charge in [-0.05, 0) is 18.3 Å². The molecule has 0 spiro atoms. The molecule has 0 amide bonds. The van der Waals surface area contributed by atoms with Crippen molar-refractivity contribution in [2.45, 2.75) is 33.1 Å². The molecule has 0 unspecified atom stereocenters. The van der Waals surface area contributed by atoms with Gasteiger partial charge in [0.25, 0.3) is 0 Å². The number of halogens is 1. The summed E-state index contributed by atoms with van der Waals surface area (Å²) in [5, 5.41) is 8.93. The number of alkyl halides is 1. The van der Waals surface area contributed by atoms with E-state index >= 15 is 0 Å². The maximum atomic E-state index is 8.93. The van der Waals surface area contributed by atoms with Gasteiger partial charge in [0.05, 0.1) is 11.5 Å². The Morgan fingerprint density at radius 3 is 2.42 bits per heavy atom. The highest BCUT2D eigenvalue weighted by Gasteiger charge is 2.56. The van der Waals surface area contributed by atoms with Gasteiger partial charge in [0.2, 0.25) is 0 Å². The van der Waals surface area contributed by atoms with E-state index in [2.05, 4.69) is 19.9 Å². The lowest BCUT2D eigenvalue weighted by molar-refractivity contribution is 0.393. The van der Waals surface area contributed by atoms with Gasteiger partial charge in [-0.3, -0.25) is 0 Å². The molecule has 1 saturated carbocycles. The molecule has 1 fully saturated rings. The van der Waals surface area contributed by atoms with Crippen molar-refractivity contribution in [1.82, 2.24) is 0 Å². The molecule has 0 N–H and O–H groups in total. The molecule has 0 aromatic heterocycles. The third kappa shape index (κ3) is 1.45. The van der Waals surface area contributed by atoms with Gasteiger partial charge >= 0.3 is 0 Å². The molecule has 1 aliphatic carbocycles. The van der Waals surface area contributed by atoms with Crippen molar-refractivity contribution in [2.24, 2.45) is 17.3 Å². The van der Waals surface area contributed by atoms with Crippen LogP contribution in [0.4, 0.5) is 0 Å². The van der Waals surface area contributed by atoms with Gasteiger partial charge in [-0.25, -0.2) is 0 Å². The zero-order valence-electron chi connectivity index (χ0n) is 7.81. The second-order valence-corrected chi connectivity index (χ2v) is 4.06. The molecule has 0 aromatic rings. The average molecular weight is 186 g/mol. The van der Waals surface area contributed by atoms with E-state index in [0.29, 0.717) is 17.7 Å². The van der Waals surface area contributed by atoms with Crippen molar-refractivity contribution in [3.63, 3.8) is 0 Å². The summed E-state index contributed by atoms with van der Waals surface area (Å²) in [5.41, 5.74) is -0.155. The van der Waals surface area contributed by atoms with Crippen LogP contribution in [0.15, 0.2) is 0 Å². The number of hydrogen-bond acceptors (Lipinski definition) is 1. The quantitative estimate of drug-likeness (QED) is 0.618. The smallest absolute Gasteiger partial charge is 0.0743 e. The minimum Gasteiger partial charge on any atom is -0.198 e. The predicted octanol–water partition coefficient (Wildman–Crippen LogP) is 3.19. The van der Waals surface area contributed by atoms with Crippen LogP contribution in [0, 0.1) is 28.6 Å². The second kappa shape index (κ2) is 3.66. The second-order valence-electron chi connectivity index (χ2n) is 3.79. The van der Waals surface area contributed by atoms with Gasteiger partial charge in [0, 0.05) is 5.88 Å². The summed E-state index contributed by atoms with van der Waals surface area (Å²) in [6, 6.07) is 2.37. The minimum absolute atomic E-state index is 0.155. The van der Waals surface area contributed by atoms with Gasteiger partial charge in [0.15, 0.2) is 0 Å². The van der Waals surface area contributed by atoms with Gasteiger partial charge in [-0.1, -0.05) is 26.7 Å². The Morgan fingerprint density at radius 1 is 1.58 bits per heavy atom. The van der Waals surface area contributed by atoms with E-state index < -0.39 is 0 Å². The fraction of sp³-hybridized carbons (Fsp3) is 0.900. The Kier molecular flexibility index (Phi) is 3.01. The van der Waals surface area contributed by atoms with E-state index in [1.807, 2.05) is 0 Å². The SMILES string of the molecule is CCC(CC)[C@H]1C[C@]1(C#N)CCl. The lowest BCUT2D eigenvalue weighted by Gasteiger charge is -2.13. The summed E-state index contributed by atoms with van der Waals surface area (Å²) in [7, 11) is 0. The first kappa shape index (κ1) is 9.86. The van der Waals surface area contributed by atoms with Crippen LogP contribution in [0.1, 0.15) is 33.1 Å². The average Bonchev–Trinajstić information content (AvgIpc) is 2.83. The van der Waals surface area contributed by atoms with Crippen molar-refractivity contribution < 1.29 is 0 Å². The molecule has 0 bridgehead atoms. The summed E-state index contributed by atoms with van der Waals surface area (Å²) >= 11 is 5.79. The standard InChI is InChI=1S/C10H16ClN/c1-3-8(4-2)9-5-10(9,6-11)7-12/h8-9H,3-6H2,1-2H3/t9-,10-/m1/s1. The van der Waals surface area contributed by atoms with Crippen molar-refractivity contribution >= 4 is 11.6 Å². The topological polar surface area (TPSA) is 23.8 Å². The van der Waals surface area contributed by atoms with Gasteiger partial charge in [-0.2, -0.15) is 5.26 Å². The van der Waals surface area contributed by atoms with Crippen LogP contribution in [0.3, 0.4) is 0 Å². The molecule has 1 rings (SSSR count). The molecule has 1 aliphatic rings. The lowest BCUT2D eigenvalue weighted by Crippen LogP contribution is -2.10. The zero-order valence-corrected chi connectivity index (χ0v) is 8.56. The normalized spacial score (nSPS) is 33.4. The number of nitrogens with zero attached hydrogens (tertiary/aromatic N) is 1. The number of rotatable bonds is 4. The number of nitriles is 1. The molecule has 2 atom stereocenters. The summed E-state index contributed by atoms with van der Waals surface area (Å²) in [6.07, 6.45) is 3.39. The van der Waals surface area contributed by atoms with Crippen LogP contribution in [0.25, 0.3) is 0 Å². The molecule has 0 aliphatic heterocycles. The Morgan fingerprint density at radius 2 is 2.17 bits per heavy atom. The minimum atomic E-state index is -0.155. The summed E-state index contributed by atoms with van der Waals surface area (Å²) in [6.45, 7) is 4.39. The third-order valence-electron chi connectivity index (χ3n) is 3.21. The van der Waals surface area contributed by atoms with E-state index in [-0.39, 0.29) is 5.41 Å². The first-order valence-corrected chi connectivity index (χ1v) is 5.24. The molecular weight excluding hydrogens is 170 g/mol. The largest absolute Gasteiger partial charge is 0.198 e. The predicted molar refractivity (Wildman–Crippen MR) is 50.9 cm³/mol. The molecule has 0 radical (unpaired) electrons. The van der Waals surface area contributed by atoms with Crippen LogP contribution in [0.5, 0.6) is 0 Å². The van der Waals surface area contributed by atoms with Crippen LogP contribution < -0.4 is 0 Å². The van der Waals surface area contributed by atoms with Crippen molar-refractivity contribution in [1.29, 1.82) is 5.26 Å². The van der Waals surface area contributed by atoms with E-state index in [0.717, 1.165) is 6.42 Å². The van der Waals surface area contributed by atoms with Gasteiger partial charge in [0.1, 0.15) is 0 Å². The summed E-state index contributed by atoms with van der Waals surface area (Å²) in [5.74, 6) is 1.81. The number of hydrogen-bond donors (Lipinski definition) is 0. The Labute approximate surface area is 79.7 Å². The third-order valence-corrected chi connectivity index (χ3v) is 3.69. The van der Waals surface area contributed by atoms with E-state index in [1.54, 1.807) is 0 Å². The molecule has 12 heavy (non-hydrogen) atoms. The molecular formula is C10H16ClN. The van der Waals surface area contributed by atoms with E-state index in [1.165, 1.54) is 12.8 Å². The molecule has 0 saturated heterocycles. The fourth-order valence-electron chi connectivity index (χ4n) is 2.12. The maximum Gasteiger partial charge on any atom is 0.0743 e. The van der Waals surface area contributed by atoms with E-state index in [4.69, 9.17) is 16.9 Å². The van der Waals surface area contributed by atoms with Crippen LogP contribution in [0.2, 0.25) is 0 Å². The Bertz CT molecular complexity index is 193. The van der Waals surface area contributed by atoms with E-state index in [9.17, 15) is 0 Å². The van der Waals surface area contributed by atoms with Crippen molar-refractivity contribution in [3.05, 3.63) is 0 Å². The van der Waals surface area contributed by atoms with Crippen LogP contribution in [-0.4, -0.2) is 5.88 Å². The molecule has 0 aromatic carbocycles. The van der Waals surface area contributed by atoms with Crippen molar-refractivity contribution in [2.75, 3.05) is 5.88 Å². The van der Waals surface area contributed by atoms with Crippen molar-refractivity contribution in [3.8, 4) is 6.07 Å². The lowest BCUT2D eigenvalue weighted by atomic mass is 9.92.